The van der Waals surface area contributed by atoms with Gasteiger partial charge in [-0.25, -0.2) is 8.42 Å². The maximum atomic E-state index is 11.1. The molecule has 2 aliphatic rings. The van der Waals surface area contributed by atoms with Gasteiger partial charge >= 0.3 is 0 Å². The summed E-state index contributed by atoms with van der Waals surface area (Å²) >= 11 is 1.76. The fourth-order valence-corrected chi connectivity index (χ4v) is 5.46. The van der Waals surface area contributed by atoms with Gasteiger partial charge in [0.1, 0.15) is 0 Å². The lowest BCUT2D eigenvalue weighted by molar-refractivity contribution is 0.553. The van der Waals surface area contributed by atoms with Crippen molar-refractivity contribution in [3.63, 3.8) is 0 Å². The molecule has 1 N–H and O–H groups in total. The third-order valence-corrected chi connectivity index (χ3v) is 5.59. The van der Waals surface area contributed by atoms with E-state index in [1.54, 1.807) is 11.8 Å². The molecule has 0 aromatic rings. The van der Waals surface area contributed by atoms with Crippen LogP contribution in [-0.2, 0) is 9.84 Å². The van der Waals surface area contributed by atoms with Crippen molar-refractivity contribution < 1.29 is 8.42 Å². The van der Waals surface area contributed by atoms with Gasteiger partial charge in [-0.05, 0) is 6.42 Å². The largest absolute Gasteiger partial charge is 0.301 e. The lowest BCUT2D eigenvalue weighted by Gasteiger charge is -2.19. The van der Waals surface area contributed by atoms with E-state index < -0.39 is 9.84 Å². The molecule has 0 radical (unpaired) electrons. The Kier molecular flexibility index (Phi) is 1.70. The van der Waals surface area contributed by atoms with Gasteiger partial charge in [-0.2, -0.15) is 0 Å². The molecule has 0 bridgehead atoms. The lowest BCUT2D eigenvalue weighted by atomic mass is 10.2. The van der Waals surface area contributed by atoms with Crippen molar-refractivity contribution in [2.24, 2.45) is 0 Å². The number of nitrogens with one attached hydrogen (secondary N) is 1. The van der Waals surface area contributed by atoms with Gasteiger partial charge in [0.2, 0.25) is 0 Å². The van der Waals surface area contributed by atoms with Crippen LogP contribution in [0.25, 0.3) is 0 Å². The second kappa shape index (κ2) is 2.37. The number of thioether (sulfide) groups is 1. The van der Waals surface area contributed by atoms with Gasteiger partial charge in [-0.1, -0.05) is 0 Å². The zero-order chi connectivity index (χ0) is 7.95. The van der Waals surface area contributed by atoms with E-state index in [2.05, 4.69) is 5.32 Å². The minimum atomic E-state index is -2.72. The van der Waals surface area contributed by atoms with Crippen LogP contribution in [0.1, 0.15) is 6.42 Å². The summed E-state index contributed by atoms with van der Waals surface area (Å²) in [7, 11) is -2.72. The molecular weight excluding hydrogens is 182 g/mol. The molecule has 11 heavy (non-hydrogen) atoms. The van der Waals surface area contributed by atoms with Crippen LogP contribution in [0, 0.1) is 0 Å². The van der Waals surface area contributed by atoms with Crippen LogP contribution in [0.3, 0.4) is 0 Å². The van der Waals surface area contributed by atoms with Crippen LogP contribution in [0.5, 0.6) is 0 Å². The van der Waals surface area contributed by atoms with E-state index in [-0.39, 0.29) is 4.87 Å². The van der Waals surface area contributed by atoms with Crippen LogP contribution in [0.15, 0.2) is 0 Å². The topological polar surface area (TPSA) is 46.2 Å². The van der Waals surface area contributed by atoms with Crippen molar-refractivity contribution in [3.8, 4) is 0 Å². The summed E-state index contributed by atoms with van der Waals surface area (Å²) in [6.07, 6.45) is 0.792. The van der Waals surface area contributed by atoms with Gasteiger partial charge in [0, 0.05) is 12.3 Å². The Morgan fingerprint density at radius 2 is 2.27 bits per heavy atom. The Morgan fingerprint density at radius 1 is 1.45 bits per heavy atom. The number of hydrogen-bond acceptors (Lipinski definition) is 4. The SMILES string of the molecule is O=S1(=O)CCC2(C1)NCCS2. The summed E-state index contributed by atoms with van der Waals surface area (Å²) < 4.78 is 22.3. The van der Waals surface area contributed by atoms with Crippen LogP contribution in [-0.4, -0.2) is 37.1 Å². The fourth-order valence-electron chi connectivity index (χ4n) is 1.65. The zero-order valence-corrected chi connectivity index (χ0v) is 7.80. The third kappa shape index (κ3) is 1.41. The normalized spacial score (nSPS) is 41.8. The molecule has 0 aliphatic carbocycles. The quantitative estimate of drug-likeness (QED) is 0.580. The van der Waals surface area contributed by atoms with E-state index in [0.29, 0.717) is 11.5 Å². The molecule has 2 heterocycles. The van der Waals surface area contributed by atoms with E-state index >= 15 is 0 Å². The van der Waals surface area contributed by atoms with Crippen molar-refractivity contribution >= 4 is 21.6 Å². The molecule has 1 spiro atoms. The van der Waals surface area contributed by atoms with Crippen LogP contribution >= 0.6 is 11.8 Å². The summed E-state index contributed by atoms with van der Waals surface area (Å²) in [6.45, 7) is 0.959. The molecule has 0 saturated carbocycles. The monoisotopic (exact) mass is 193 g/mol. The molecular formula is C6H11NO2S2. The molecule has 1 atom stereocenters. The maximum absolute atomic E-state index is 11.1. The Morgan fingerprint density at radius 3 is 2.73 bits per heavy atom. The second-order valence-electron chi connectivity index (χ2n) is 3.11. The minimum Gasteiger partial charge on any atom is -0.301 e. The Labute approximate surface area is 70.9 Å². The summed E-state index contributed by atoms with van der Waals surface area (Å²) in [4.78, 5) is -0.0984. The highest BCUT2D eigenvalue weighted by Gasteiger charge is 2.44. The lowest BCUT2D eigenvalue weighted by Crippen LogP contribution is -2.38. The van der Waals surface area contributed by atoms with Crippen molar-refractivity contribution in [3.05, 3.63) is 0 Å². The summed E-state index contributed by atoms with van der Waals surface area (Å²) in [6, 6.07) is 0. The Hall–Kier alpha value is 0.260. The van der Waals surface area contributed by atoms with Crippen LogP contribution < -0.4 is 5.32 Å². The Bertz CT molecular complexity index is 254. The van der Waals surface area contributed by atoms with Crippen molar-refractivity contribution in [2.45, 2.75) is 11.3 Å². The predicted molar refractivity (Wildman–Crippen MR) is 46.5 cm³/mol. The predicted octanol–water partition coefficient (Wildman–Crippen LogP) is -0.162. The van der Waals surface area contributed by atoms with Gasteiger partial charge in [-0.3, -0.25) is 0 Å². The third-order valence-electron chi connectivity index (χ3n) is 2.20. The molecule has 0 aromatic carbocycles. The smallest absolute Gasteiger partial charge is 0.153 e. The van der Waals surface area contributed by atoms with E-state index in [1.807, 2.05) is 0 Å². The molecule has 0 aromatic heterocycles. The highest BCUT2D eigenvalue weighted by atomic mass is 32.2. The highest BCUT2D eigenvalue weighted by molar-refractivity contribution is 8.02. The van der Waals surface area contributed by atoms with E-state index in [4.69, 9.17) is 0 Å². The maximum Gasteiger partial charge on any atom is 0.153 e. The van der Waals surface area contributed by atoms with Gasteiger partial charge in [0.15, 0.2) is 9.84 Å². The second-order valence-corrected chi connectivity index (χ2v) is 6.77. The summed E-state index contributed by atoms with van der Waals surface area (Å²) in [5, 5.41) is 3.27. The van der Waals surface area contributed by atoms with Gasteiger partial charge in [-0.15, -0.1) is 11.8 Å². The average molecular weight is 193 g/mol. The number of hydrogen-bond donors (Lipinski definition) is 1. The van der Waals surface area contributed by atoms with Crippen LogP contribution in [0.4, 0.5) is 0 Å². The van der Waals surface area contributed by atoms with Gasteiger partial charge < -0.3 is 5.32 Å². The molecule has 2 rings (SSSR count). The van der Waals surface area contributed by atoms with Crippen molar-refractivity contribution in [2.75, 3.05) is 23.8 Å². The van der Waals surface area contributed by atoms with E-state index in [1.165, 1.54) is 0 Å². The molecule has 2 saturated heterocycles. The van der Waals surface area contributed by atoms with E-state index in [0.717, 1.165) is 18.7 Å². The van der Waals surface area contributed by atoms with E-state index in [9.17, 15) is 8.42 Å². The standard InChI is InChI=1S/C6H11NO2S2/c8-11(9)4-1-6(5-11)7-2-3-10-6/h7H,1-5H2. The summed E-state index contributed by atoms with van der Waals surface area (Å²) in [5.41, 5.74) is 0. The molecule has 0 amide bonds. The first kappa shape index (κ1) is 7.89. The molecule has 2 fully saturated rings. The minimum absolute atomic E-state index is 0.0984. The first-order valence-corrected chi connectivity index (χ1v) is 6.52. The van der Waals surface area contributed by atoms with Crippen molar-refractivity contribution in [1.29, 1.82) is 0 Å². The zero-order valence-electron chi connectivity index (χ0n) is 6.17. The number of sulfone groups is 1. The number of rotatable bonds is 0. The van der Waals surface area contributed by atoms with Gasteiger partial charge in [0.05, 0.1) is 16.4 Å². The molecule has 1 unspecified atom stereocenters. The first-order valence-electron chi connectivity index (χ1n) is 3.71. The summed E-state index contributed by atoms with van der Waals surface area (Å²) in [5.74, 6) is 1.76. The Balaban J connectivity index is 2.20. The highest BCUT2D eigenvalue weighted by Crippen LogP contribution is 2.37. The van der Waals surface area contributed by atoms with Crippen LogP contribution in [0.2, 0.25) is 0 Å². The fraction of sp³-hybridized carbons (Fsp3) is 1.00. The van der Waals surface area contributed by atoms with Crippen molar-refractivity contribution in [1.82, 2.24) is 5.32 Å². The molecule has 2 aliphatic heterocycles. The molecule has 3 nitrogen and oxygen atoms in total. The molecule has 5 heteroatoms. The first-order chi connectivity index (χ1) is 5.12. The van der Waals surface area contributed by atoms with Gasteiger partial charge in [0.25, 0.3) is 0 Å². The molecule has 64 valence electrons. The average Bonchev–Trinajstić information content (AvgIpc) is 2.43.